The third-order valence-corrected chi connectivity index (χ3v) is 7.05. The maximum absolute atomic E-state index is 6.53. The van der Waals surface area contributed by atoms with Gasteiger partial charge in [0.1, 0.15) is 0 Å². The highest BCUT2D eigenvalue weighted by molar-refractivity contribution is 6.50. The highest BCUT2D eigenvalue weighted by atomic mass is 16.7. The summed E-state index contributed by atoms with van der Waals surface area (Å²) < 4.78 is 12.9. The lowest BCUT2D eigenvalue weighted by molar-refractivity contribution is -0.199. The molecule has 5 aliphatic rings. The van der Waals surface area contributed by atoms with Crippen LogP contribution in [-0.4, -0.2) is 18.8 Å². The van der Waals surface area contributed by atoms with E-state index in [1.54, 1.807) is 0 Å². The maximum atomic E-state index is 6.53. The van der Waals surface area contributed by atoms with Gasteiger partial charge in [0.15, 0.2) is 0 Å². The summed E-state index contributed by atoms with van der Waals surface area (Å²) in [7, 11) is 0.0904. The molecule has 4 saturated carbocycles. The molecule has 2 bridgehead atoms. The first-order valence-electron chi connectivity index (χ1n) is 7.76. The third kappa shape index (κ3) is 1.19. The molecule has 18 heavy (non-hydrogen) atoms. The summed E-state index contributed by atoms with van der Waals surface area (Å²) in [5.41, 5.74) is 0.458. The normalized spacial score (nSPS) is 50.7. The lowest BCUT2D eigenvalue weighted by Gasteiger charge is -2.64. The van der Waals surface area contributed by atoms with Crippen molar-refractivity contribution < 1.29 is 9.31 Å². The predicted octanol–water partition coefficient (Wildman–Crippen LogP) is 3.66. The van der Waals surface area contributed by atoms with Gasteiger partial charge in [-0.2, -0.15) is 0 Å². The first kappa shape index (κ1) is 11.8. The van der Waals surface area contributed by atoms with Gasteiger partial charge in [-0.15, -0.1) is 0 Å². The Morgan fingerprint density at radius 3 is 2.44 bits per heavy atom. The molecule has 0 radical (unpaired) electrons. The summed E-state index contributed by atoms with van der Waals surface area (Å²) in [6.45, 7) is 9.46. The van der Waals surface area contributed by atoms with Crippen LogP contribution in [0.2, 0.25) is 5.31 Å². The van der Waals surface area contributed by atoms with E-state index in [1.165, 1.54) is 32.1 Å². The largest absolute Gasteiger partial charge is 0.464 e. The Hall–Kier alpha value is -0.0151. The second-order valence-electron chi connectivity index (χ2n) is 8.02. The average molecular weight is 248 g/mol. The summed E-state index contributed by atoms with van der Waals surface area (Å²) in [5, 5.41) is 0.370. The molecule has 4 unspecified atom stereocenters. The van der Waals surface area contributed by atoms with Gasteiger partial charge in [-0.3, -0.25) is 0 Å². The molecule has 0 aromatic heterocycles. The maximum Gasteiger partial charge on any atom is 0.464 e. The van der Waals surface area contributed by atoms with Crippen LogP contribution in [0.15, 0.2) is 0 Å². The van der Waals surface area contributed by atoms with Crippen molar-refractivity contribution in [2.75, 3.05) is 0 Å². The van der Waals surface area contributed by atoms with Crippen molar-refractivity contribution in [3.63, 3.8) is 0 Å². The van der Waals surface area contributed by atoms with E-state index in [2.05, 4.69) is 27.7 Å². The van der Waals surface area contributed by atoms with E-state index in [4.69, 9.17) is 9.31 Å². The van der Waals surface area contributed by atoms with Crippen molar-refractivity contribution in [1.29, 1.82) is 0 Å². The minimum atomic E-state index is -0.00627. The van der Waals surface area contributed by atoms with Crippen LogP contribution in [0.1, 0.15) is 59.8 Å². The molecular weight excluding hydrogens is 223 g/mol. The fourth-order valence-electron chi connectivity index (χ4n) is 5.05. The lowest BCUT2D eigenvalue weighted by atomic mass is 9.43. The number of hydrogen-bond donors (Lipinski definition) is 0. The minimum absolute atomic E-state index is 0.00627. The minimum Gasteiger partial charge on any atom is -0.405 e. The Labute approximate surface area is 111 Å². The lowest BCUT2D eigenvalue weighted by Crippen LogP contribution is -2.65. The zero-order chi connectivity index (χ0) is 12.8. The smallest absolute Gasteiger partial charge is 0.405 e. The number of hydrogen-bond acceptors (Lipinski definition) is 2. The Bertz CT molecular complexity index is 390. The van der Waals surface area contributed by atoms with E-state index >= 15 is 0 Å². The molecule has 4 aliphatic carbocycles. The van der Waals surface area contributed by atoms with E-state index in [0.717, 1.165) is 5.92 Å². The van der Waals surface area contributed by atoms with Gasteiger partial charge >= 0.3 is 7.12 Å². The summed E-state index contributed by atoms with van der Waals surface area (Å²) in [4.78, 5) is 0. The molecule has 1 heterocycles. The fraction of sp³-hybridized carbons (Fsp3) is 1.00. The highest BCUT2D eigenvalue weighted by Crippen LogP contribution is 2.69. The Morgan fingerprint density at radius 2 is 1.89 bits per heavy atom. The van der Waals surface area contributed by atoms with Crippen molar-refractivity contribution in [2.45, 2.75) is 76.8 Å². The zero-order valence-corrected chi connectivity index (χ0v) is 12.2. The topological polar surface area (TPSA) is 18.5 Å². The third-order valence-electron chi connectivity index (χ3n) is 7.05. The molecule has 0 aromatic rings. The summed E-state index contributed by atoms with van der Waals surface area (Å²) >= 11 is 0. The fourth-order valence-corrected chi connectivity index (χ4v) is 5.05. The van der Waals surface area contributed by atoms with E-state index in [9.17, 15) is 0 Å². The molecule has 5 fully saturated rings. The molecular formula is C15H25BO2. The predicted molar refractivity (Wildman–Crippen MR) is 72.3 cm³/mol. The van der Waals surface area contributed by atoms with Gasteiger partial charge in [0.05, 0.1) is 11.7 Å². The molecule has 2 nitrogen and oxygen atoms in total. The van der Waals surface area contributed by atoms with Gasteiger partial charge in [-0.25, -0.2) is 0 Å². The summed E-state index contributed by atoms with van der Waals surface area (Å²) in [5.74, 6) is 1.56. The second kappa shape index (κ2) is 3.17. The molecule has 3 heteroatoms. The van der Waals surface area contributed by atoms with Crippen molar-refractivity contribution >= 4 is 7.12 Å². The Morgan fingerprint density at radius 1 is 1.17 bits per heavy atom. The van der Waals surface area contributed by atoms with Crippen LogP contribution in [-0.2, 0) is 9.31 Å². The van der Waals surface area contributed by atoms with E-state index in [-0.39, 0.29) is 12.7 Å². The Kier molecular flexibility index (Phi) is 2.08. The zero-order valence-electron chi connectivity index (χ0n) is 12.2. The van der Waals surface area contributed by atoms with Crippen LogP contribution >= 0.6 is 0 Å². The highest BCUT2D eigenvalue weighted by Gasteiger charge is 2.71. The van der Waals surface area contributed by atoms with Gasteiger partial charge < -0.3 is 9.31 Å². The van der Waals surface area contributed by atoms with Gasteiger partial charge in [-0.05, 0) is 49.9 Å². The van der Waals surface area contributed by atoms with Crippen molar-refractivity contribution in [1.82, 2.24) is 0 Å². The van der Waals surface area contributed by atoms with Gasteiger partial charge in [0, 0.05) is 5.31 Å². The second-order valence-corrected chi connectivity index (χ2v) is 8.02. The van der Waals surface area contributed by atoms with Crippen LogP contribution < -0.4 is 0 Å². The summed E-state index contributed by atoms with van der Waals surface area (Å²) in [6, 6.07) is 0. The number of rotatable bonds is 2. The SMILES string of the molecule is CCC1(B2OC3CC4CC(C4(C)C)C3(C)O2)CC1. The van der Waals surface area contributed by atoms with Gasteiger partial charge in [-0.1, -0.05) is 27.2 Å². The molecule has 100 valence electrons. The molecule has 0 N–H and O–H groups in total. The van der Waals surface area contributed by atoms with Crippen LogP contribution in [0.5, 0.6) is 0 Å². The van der Waals surface area contributed by atoms with Crippen LogP contribution in [0, 0.1) is 17.3 Å². The molecule has 1 saturated heterocycles. The van der Waals surface area contributed by atoms with Crippen molar-refractivity contribution in [3.05, 3.63) is 0 Å². The molecule has 4 atom stereocenters. The van der Waals surface area contributed by atoms with E-state index in [1.807, 2.05) is 0 Å². The van der Waals surface area contributed by atoms with Crippen LogP contribution in [0.3, 0.4) is 0 Å². The van der Waals surface area contributed by atoms with Crippen molar-refractivity contribution in [2.24, 2.45) is 17.3 Å². The first-order chi connectivity index (χ1) is 8.42. The first-order valence-corrected chi connectivity index (χ1v) is 7.76. The van der Waals surface area contributed by atoms with Crippen LogP contribution in [0.25, 0.3) is 0 Å². The molecule has 1 aliphatic heterocycles. The Balaban J connectivity index is 1.62. The quantitative estimate of drug-likeness (QED) is 0.694. The van der Waals surface area contributed by atoms with Crippen LogP contribution in [0.4, 0.5) is 0 Å². The molecule has 0 aromatic carbocycles. The molecule has 0 amide bonds. The van der Waals surface area contributed by atoms with E-state index in [0.29, 0.717) is 22.8 Å². The standard InChI is InChI=1S/C15H25BO2/c1-5-15(6-7-15)16-17-12-9-10-8-11(13(10,2)3)14(12,4)18-16/h10-12H,5-9H2,1-4H3. The van der Waals surface area contributed by atoms with Gasteiger partial charge in [0.25, 0.3) is 0 Å². The van der Waals surface area contributed by atoms with Gasteiger partial charge in [0.2, 0.25) is 0 Å². The summed E-state index contributed by atoms with van der Waals surface area (Å²) in [6.07, 6.45) is 6.75. The molecule has 0 spiro atoms. The monoisotopic (exact) mass is 248 g/mol. The molecule has 5 rings (SSSR count). The average Bonchev–Trinajstić information content (AvgIpc) is 3.04. The van der Waals surface area contributed by atoms with E-state index < -0.39 is 0 Å². The van der Waals surface area contributed by atoms with Crippen molar-refractivity contribution in [3.8, 4) is 0 Å².